The number of carbonyl (C=O) groups excluding carboxylic acids is 1. The molecule has 0 unspecified atom stereocenters. The summed E-state index contributed by atoms with van der Waals surface area (Å²) in [5.74, 6) is -0.146. The van der Waals surface area contributed by atoms with Gasteiger partial charge in [0.2, 0.25) is 5.91 Å². The summed E-state index contributed by atoms with van der Waals surface area (Å²) in [6.45, 7) is 2.05. The van der Waals surface area contributed by atoms with Gasteiger partial charge in [-0.2, -0.15) is 5.26 Å². The van der Waals surface area contributed by atoms with Gasteiger partial charge in [0.15, 0.2) is 0 Å². The smallest absolute Gasteiger partial charge is 0.243 e. The highest BCUT2D eigenvalue weighted by Crippen LogP contribution is 2.22. The van der Waals surface area contributed by atoms with Gasteiger partial charge in [-0.1, -0.05) is 29.8 Å². The Morgan fingerprint density at radius 1 is 1.23 bits per heavy atom. The van der Waals surface area contributed by atoms with E-state index in [9.17, 15) is 4.79 Å². The van der Waals surface area contributed by atoms with E-state index in [1.54, 1.807) is 12.1 Å². The van der Waals surface area contributed by atoms with Gasteiger partial charge in [-0.3, -0.25) is 4.79 Å². The maximum atomic E-state index is 11.9. The molecule has 0 heterocycles. The van der Waals surface area contributed by atoms with Gasteiger partial charge in [0.25, 0.3) is 0 Å². The maximum Gasteiger partial charge on any atom is 0.243 e. The number of nitrogens with one attached hydrogen (secondary N) is 2. The Kier molecular flexibility index (Phi) is 5.40. The van der Waals surface area contributed by atoms with Crippen LogP contribution in [0.2, 0.25) is 5.02 Å². The van der Waals surface area contributed by atoms with Crippen molar-refractivity contribution in [2.24, 2.45) is 0 Å². The molecule has 2 N–H and O–H groups in total. The lowest BCUT2D eigenvalue weighted by atomic mass is 10.1. The van der Waals surface area contributed by atoms with Gasteiger partial charge in [0.1, 0.15) is 0 Å². The Morgan fingerprint density at radius 3 is 2.64 bits per heavy atom. The van der Waals surface area contributed by atoms with Crippen molar-refractivity contribution in [1.82, 2.24) is 0 Å². The third-order valence-corrected chi connectivity index (χ3v) is 3.64. The van der Waals surface area contributed by atoms with E-state index in [-0.39, 0.29) is 12.5 Å². The SMILES string of the molecule is Cc1c(Cl)cccc1NCC(=O)Nc1ccc(CC#N)cc1. The molecule has 4 nitrogen and oxygen atoms in total. The zero-order valence-corrected chi connectivity index (χ0v) is 12.9. The first-order valence-corrected chi connectivity index (χ1v) is 7.22. The molecular weight excluding hydrogens is 298 g/mol. The minimum Gasteiger partial charge on any atom is -0.376 e. The predicted molar refractivity (Wildman–Crippen MR) is 89.1 cm³/mol. The fourth-order valence-corrected chi connectivity index (χ4v) is 2.15. The van der Waals surface area contributed by atoms with Crippen molar-refractivity contribution in [2.75, 3.05) is 17.2 Å². The van der Waals surface area contributed by atoms with E-state index in [0.717, 1.165) is 16.8 Å². The number of halogens is 1. The number of nitriles is 1. The highest BCUT2D eigenvalue weighted by atomic mass is 35.5. The third kappa shape index (κ3) is 4.24. The number of hydrogen-bond donors (Lipinski definition) is 2. The monoisotopic (exact) mass is 313 g/mol. The molecule has 112 valence electrons. The quantitative estimate of drug-likeness (QED) is 0.883. The fourth-order valence-electron chi connectivity index (χ4n) is 1.98. The van der Waals surface area contributed by atoms with Crippen LogP contribution in [0.25, 0.3) is 0 Å². The molecular formula is C17H16ClN3O. The van der Waals surface area contributed by atoms with Crippen LogP contribution in [0.5, 0.6) is 0 Å². The Labute approximate surface area is 134 Å². The molecule has 22 heavy (non-hydrogen) atoms. The first kappa shape index (κ1) is 15.9. The van der Waals surface area contributed by atoms with Gasteiger partial charge in [-0.05, 0) is 42.3 Å². The van der Waals surface area contributed by atoms with E-state index in [2.05, 4.69) is 16.7 Å². The number of anilines is 2. The molecule has 0 aliphatic rings. The van der Waals surface area contributed by atoms with E-state index >= 15 is 0 Å². The van der Waals surface area contributed by atoms with Gasteiger partial charge in [-0.25, -0.2) is 0 Å². The molecule has 0 radical (unpaired) electrons. The highest BCUT2D eigenvalue weighted by molar-refractivity contribution is 6.31. The van der Waals surface area contributed by atoms with Crippen molar-refractivity contribution >= 4 is 28.9 Å². The summed E-state index contributed by atoms with van der Waals surface area (Å²) in [7, 11) is 0. The second kappa shape index (κ2) is 7.48. The molecule has 2 aromatic rings. The summed E-state index contributed by atoms with van der Waals surface area (Å²) in [6, 6.07) is 14.8. The van der Waals surface area contributed by atoms with Crippen LogP contribution in [-0.4, -0.2) is 12.5 Å². The van der Waals surface area contributed by atoms with Crippen molar-refractivity contribution < 1.29 is 4.79 Å². The molecule has 0 saturated heterocycles. The number of nitrogens with zero attached hydrogens (tertiary/aromatic N) is 1. The van der Waals surface area contributed by atoms with Crippen molar-refractivity contribution in [1.29, 1.82) is 5.26 Å². The summed E-state index contributed by atoms with van der Waals surface area (Å²) in [5.41, 5.74) is 3.38. The Balaban J connectivity index is 1.90. The van der Waals surface area contributed by atoms with Crippen LogP contribution in [0.1, 0.15) is 11.1 Å². The normalized spacial score (nSPS) is 9.86. The minimum atomic E-state index is -0.146. The van der Waals surface area contributed by atoms with E-state index in [1.807, 2.05) is 37.3 Å². The van der Waals surface area contributed by atoms with E-state index in [0.29, 0.717) is 17.1 Å². The van der Waals surface area contributed by atoms with E-state index < -0.39 is 0 Å². The molecule has 0 fully saturated rings. The second-order valence-electron chi connectivity index (χ2n) is 4.85. The Hall–Kier alpha value is -2.51. The first-order valence-electron chi connectivity index (χ1n) is 6.85. The molecule has 0 atom stereocenters. The topological polar surface area (TPSA) is 64.9 Å². The molecule has 0 bridgehead atoms. The van der Waals surface area contributed by atoms with Crippen LogP contribution in [-0.2, 0) is 11.2 Å². The zero-order chi connectivity index (χ0) is 15.9. The average molecular weight is 314 g/mol. The summed E-state index contributed by atoms with van der Waals surface area (Å²) in [4.78, 5) is 11.9. The molecule has 2 rings (SSSR count). The number of rotatable bonds is 5. The number of benzene rings is 2. The average Bonchev–Trinajstić information content (AvgIpc) is 2.51. The van der Waals surface area contributed by atoms with Crippen LogP contribution in [0.4, 0.5) is 11.4 Å². The van der Waals surface area contributed by atoms with E-state index in [4.69, 9.17) is 16.9 Å². The first-order chi connectivity index (χ1) is 10.6. The molecule has 0 spiro atoms. The zero-order valence-electron chi connectivity index (χ0n) is 12.2. The maximum absolute atomic E-state index is 11.9. The summed E-state index contributed by atoms with van der Waals surface area (Å²) in [5, 5.41) is 15.1. The predicted octanol–water partition coefficient (Wildman–Crippen LogP) is 3.77. The van der Waals surface area contributed by atoms with Crippen LogP contribution in [0.15, 0.2) is 42.5 Å². The van der Waals surface area contributed by atoms with E-state index in [1.165, 1.54) is 0 Å². The number of hydrogen-bond acceptors (Lipinski definition) is 3. The van der Waals surface area contributed by atoms with Crippen molar-refractivity contribution in [3.8, 4) is 6.07 Å². The van der Waals surface area contributed by atoms with Gasteiger partial charge >= 0.3 is 0 Å². The van der Waals surface area contributed by atoms with Crippen LogP contribution in [0, 0.1) is 18.3 Å². The second-order valence-corrected chi connectivity index (χ2v) is 5.25. The standard InChI is InChI=1S/C17H16ClN3O/c1-12-15(18)3-2-4-16(12)20-11-17(22)21-14-7-5-13(6-8-14)9-10-19/h2-8,20H,9,11H2,1H3,(H,21,22). The molecule has 0 aliphatic carbocycles. The summed E-state index contributed by atoms with van der Waals surface area (Å²) in [6.07, 6.45) is 0.365. The largest absolute Gasteiger partial charge is 0.376 e. The van der Waals surface area contributed by atoms with Crippen molar-refractivity contribution in [3.05, 3.63) is 58.6 Å². The van der Waals surface area contributed by atoms with Gasteiger partial charge in [0, 0.05) is 16.4 Å². The fraction of sp³-hybridized carbons (Fsp3) is 0.176. The highest BCUT2D eigenvalue weighted by Gasteiger charge is 2.05. The summed E-state index contributed by atoms with van der Waals surface area (Å²) < 4.78 is 0. The third-order valence-electron chi connectivity index (χ3n) is 3.23. The van der Waals surface area contributed by atoms with Crippen LogP contribution >= 0.6 is 11.6 Å². The van der Waals surface area contributed by atoms with Crippen LogP contribution < -0.4 is 10.6 Å². The molecule has 0 aliphatic heterocycles. The molecule has 1 amide bonds. The van der Waals surface area contributed by atoms with Gasteiger partial charge in [-0.15, -0.1) is 0 Å². The summed E-state index contributed by atoms with van der Waals surface area (Å²) >= 11 is 6.04. The lowest BCUT2D eigenvalue weighted by Crippen LogP contribution is -2.22. The van der Waals surface area contributed by atoms with Crippen molar-refractivity contribution in [2.45, 2.75) is 13.3 Å². The molecule has 5 heteroatoms. The molecule has 2 aromatic carbocycles. The molecule has 0 aromatic heterocycles. The Morgan fingerprint density at radius 2 is 1.95 bits per heavy atom. The number of carbonyl (C=O) groups is 1. The van der Waals surface area contributed by atoms with Crippen molar-refractivity contribution in [3.63, 3.8) is 0 Å². The Bertz CT molecular complexity index is 705. The van der Waals surface area contributed by atoms with Gasteiger partial charge < -0.3 is 10.6 Å². The lowest BCUT2D eigenvalue weighted by molar-refractivity contribution is -0.114. The number of amides is 1. The van der Waals surface area contributed by atoms with Gasteiger partial charge in [0.05, 0.1) is 19.0 Å². The minimum absolute atomic E-state index is 0.146. The van der Waals surface area contributed by atoms with Crippen LogP contribution in [0.3, 0.4) is 0 Å². The molecule has 0 saturated carbocycles. The lowest BCUT2D eigenvalue weighted by Gasteiger charge is -2.11.